The Kier molecular flexibility index (Phi) is 4.06. The van der Waals surface area contributed by atoms with Crippen molar-refractivity contribution in [2.45, 2.75) is 6.92 Å². The van der Waals surface area contributed by atoms with Crippen LogP contribution in [0.2, 0.25) is 5.02 Å². The number of nitrogens with one attached hydrogen (secondary N) is 2. The summed E-state index contributed by atoms with van der Waals surface area (Å²) in [6.07, 6.45) is 1.44. The summed E-state index contributed by atoms with van der Waals surface area (Å²) in [4.78, 5) is 16.0. The Labute approximate surface area is 112 Å². The zero-order chi connectivity index (χ0) is 13.0. The Morgan fingerprint density at radius 2 is 2.39 bits per heavy atom. The van der Waals surface area contributed by atoms with Gasteiger partial charge >= 0.3 is 0 Å². The first-order chi connectivity index (χ1) is 8.70. The fraction of sp³-hybridized carbons (Fsp3) is 0.200. The van der Waals surface area contributed by atoms with E-state index in [1.165, 1.54) is 23.0 Å². The molecule has 0 unspecified atom stereocenters. The lowest BCUT2D eigenvalue weighted by molar-refractivity contribution is 0.102. The first-order valence-corrected chi connectivity index (χ1v) is 6.43. The molecule has 0 bridgehead atoms. The van der Waals surface area contributed by atoms with Crippen LogP contribution in [-0.4, -0.2) is 27.6 Å². The van der Waals surface area contributed by atoms with Crippen LogP contribution in [0.5, 0.6) is 0 Å². The van der Waals surface area contributed by atoms with E-state index in [2.05, 4.69) is 25.8 Å². The van der Waals surface area contributed by atoms with Crippen molar-refractivity contribution < 1.29 is 4.79 Å². The van der Waals surface area contributed by atoms with Crippen molar-refractivity contribution in [3.8, 4) is 0 Å². The van der Waals surface area contributed by atoms with Gasteiger partial charge in [0, 0.05) is 12.7 Å². The van der Waals surface area contributed by atoms with Crippen LogP contribution in [0.25, 0.3) is 0 Å². The van der Waals surface area contributed by atoms with Crippen LogP contribution in [0, 0.1) is 0 Å². The van der Waals surface area contributed by atoms with Crippen LogP contribution >= 0.6 is 22.9 Å². The van der Waals surface area contributed by atoms with Gasteiger partial charge in [-0.15, -0.1) is 10.2 Å². The molecule has 2 aromatic heterocycles. The average Bonchev–Trinajstić information content (AvgIpc) is 2.84. The molecule has 0 aliphatic carbocycles. The minimum Gasteiger partial charge on any atom is -0.370 e. The third kappa shape index (κ3) is 2.93. The van der Waals surface area contributed by atoms with Gasteiger partial charge in [0.1, 0.15) is 11.3 Å². The van der Waals surface area contributed by atoms with Gasteiger partial charge in [-0.1, -0.05) is 22.9 Å². The number of carbonyl (C=O) groups excluding carboxylic acids is 1. The molecule has 0 aliphatic rings. The second-order valence-corrected chi connectivity index (χ2v) is 4.52. The minimum absolute atomic E-state index is 0.290. The van der Waals surface area contributed by atoms with Crippen molar-refractivity contribution in [2.75, 3.05) is 17.2 Å². The predicted molar refractivity (Wildman–Crippen MR) is 71.3 cm³/mol. The highest BCUT2D eigenvalue weighted by Gasteiger charge is 2.13. The Morgan fingerprint density at radius 3 is 3.06 bits per heavy atom. The SMILES string of the molecule is CCNc1cc(C(=O)Nc2nncs2)c(Cl)cn1. The molecule has 0 aliphatic heterocycles. The van der Waals surface area contributed by atoms with E-state index < -0.39 is 0 Å². The Bertz CT molecular complexity index is 545. The van der Waals surface area contributed by atoms with Crippen LogP contribution in [0.4, 0.5) is 10.9 Å². The van der Waals surface area contributed by atoms with Crippen molar-refractivity contribution in [1.29, 1.82) is 0 Å². The van der Waals surface area contributed by atoms with Gasteiger partial charge in [0.2, 0.25) is 5.13 Å². The number of amides is 1. The zero-order valence-corrected chi connectivity index (χ0v) is 11.0. The Balaban J connectivity index is 2.20. The lowest BCUT2D eigenvalue weighted by atomic mass is 10.2. The second-order valence-electron chi connectivity index (χ2n) is 3.28. The van der Waals surface area contributed by atoms with E-state index in [-0.39, 0.29) is 5.91 Å². The molecule has 8 heteroatoms. The van der Waals surface area contributed by atoms with Crippen LogP contribution in [0.3, 0.4) is 0 Å². The molecule has 0 saturated carbocycles. The maximum absolute atomic E-state index is 12.0. The minimum atomic E-state index is -0.335. The molecule has 0 radical (unpaired) electrons. The highest BCUT2D eigenvalue weighted by molar-refractivity contribution is 7.13. The van der Waals surface area contributed by atoms with Gasteiger partial charge in [-0.2, -0.15) is 0 Å². The van der Waals surface area contributed by atoms with Crippen LogP contribution in [0.15, 0.2) is 17.8 Å². The predicted octanol–water partition coefficient (Wildman–Crippen LogP) is 2.27. The molecule has 2 heterocycles. The summed E-state index contributed by atoms with van der Waals surface area (Å²) in [5.74, 6) is 0.266. The van der Waals surface area contributed by atoms with E-state index in [0.29, 0.717) is 28.1 Å². The Hall–Kier alpha value is -1.73. The third-order valence-corrected chi connectivity index (χ3v) is 2.95. The average molecular weight is 284 g/mol. The number of aromatic nitrogens is 3. The highest BCUT2D eigenvalue weighted by Crippen LogP contribution is 2.20. The molecule has 0 spiro atoms. The monoisotopic (exact) mass is 283 g/mol. The van der Waals surface area contributed by atoms with Gasteiger partial charge in [0.25, 0.3) is 5.91 Å². The van der Waals surface area contributed by atoms with Crippen molar-refractivity contribution in [1.82, 2.24) is 15.2 Å². The normalized spacial score (nSPS) is 10.1. The molecule has 0 saturated heterocycles. The summed E-state index contributed by atoms with van der Waals surface area (Å²) in [6.45, 7) is 2.66. The quantitative estimate of drug-likeness (QED) is 0.900. The molecular formula is C10H10ClN5OS. The van der Waals surface area contributed by atoms with Gasteiger partial charge in [0.15, 0.2) is 0 Å². The maximum atomic E-state index is 12.0. The van der Waals surface area contributed by atoms with E-state index in [1.54, 1.807) is 6.07 Å². The number of hydrogen-bond acceptors (Lipinski definition) is 6. The molecular weight excluding hydrogens is 274 g/mol. The maximum Gasteiger partial charge on any atom is 0.259 e. The summed E-state index contributed by atoms with van der Waals surface area (Å²) in [6, 6.07) is 1.60. The molecule has 2 N–H and O–H groups in total. The second kappa shape index (κ2) is 5.74. The van der Waals surface area contributed by atoms with Gasteiger partial charge in [-0.25, -0.2) is 4.98 Å². The number of halogens is 1. The number of carbonyl (C=O) groups is 1. The van der Waals surface area contributed by atoms with E-state index in [1.807, 2.05) is 6.92 Å². The van der Waals surface area contributed by atoms with Gasteiger partial charge in [-0.05, 0) is 13.0 Å². The lowest BCUT2D eigenvalue weighted by Crippen LogP contribution is -2.13. The summed E-state index contributed by atoms with van der Waals surface area (Å²) < 4.78 is 0. The number of anilines is 2. The topological polar surface area (TPSA) is 79.8 Å². The number of pyridine rings is 1. The largest absolute Gasteiger partial charge is 0.370 e. The molecule has 0 fully saturated rings. The number of hydrogen-bond donors (Lipinski definition) is 2. The van der Waals surface area contributed by atoms with Crippen molar-refractivity contribution in [3.63, 3.8) is 0 Å². The van der Waals surface area contributed by atoms with Gasteiger partial charge in [0.05, 0.1) is 10.6 Å². The molecule has 0 atom stereocenters. The van der Waals surface area contributed by atoms with Crippen molar-refractivity contribution >= 4 is 39.8 Å². The summed E-state index contributed by atoms with van der Waals surface area (Å²) >= 11 is 7.19. The number of rotatable bonds is 4. The number of nitrogens with zero attached hydrogens (tertiary/aromatic N) is 3. The smallest absolute Gasteiger partial charge is 0.259 e. The van der Waals surface area contributed by atoms with E-state index in [0.717, 1.165) is 0 Å². The first-order valence-electron chi connectivity index (χ1n) is 5.17. The van der Waals surface area contributed by atoms with Crippen molar-refractivity contribution in [2.24, 2.45) is 0 Å². The first kappa shape index (κ1) is 12.7. The van der Waals surface area contributed by atoms with Gasteiger partial charge in [-0.3, -0.25) is 10.1 Å². The standard InChI is InChI=1S/C10H10ClN5OS/c1-2-12-8-3-6(7(11)4-13-8)9(17)15-10-16-14-5-18-10/h3-5H,2H2,1H3,(H,12,13)(H,15,16,17). The summed E-state index contributed by atoms with van der Waals surface area (Å²) in [5.41, 5.74) is 1.88. The molecule has 2 aromatic rings. The third-order valence-electron chi connectivity index (χ3n) is 2.04. The van der Waals surface area contributed by atoms with E-state index in [4.69, 9.17) is 11.6 Å². The fourth-order valence-corrected chi connectivity index (χ4v) is 1.91. The summed E-state index contributed by atoms with van der Waals surface area (Å²) in [7, 11) is 0. The molecule has 94 valence electrons. The van der Waals surface area contributed by atoms with Crippen molar-refractivity contribution in [3.05, 3.63) is 28.4 Å². The van der Waals surface area contributed by atoms with E-state index in [9.17, 15) is 4.79 Å². The van der Waals surface area contributed by atoms with Gasteiger partial charge < -0.3 is 5.32 Å². The molecule has 18 heavy (non-hydrogen) atoms. The van der Waals surface area contributed by atoms with Crippen LogP contribution in [0.1, 0.15) is 17.3 Å². The molecule has 6 nitrogen and oxygen atoms in total. The lowest BCUT2D eigenvalue weighted by Gasteiger charge is -2.07. The zero-order valence-electron chi connectivity index (χ0n) is 9.48. The fourth-order valence-electron chi connectivity index (χ4n) is 1.28. The Morgan fingerprint density at radius 1 is 1.56 bits per heavy atom. The van der Waals surface area contributed by atoms with Crippen LogP contribution < -0.4 is 10.6 Å². The molecule has 2 rings (SSSR count). The van der Waals surface area contributed by atoms with E-state index >= 15 is 0 Å². The molecule has 1 amide bonds. The highest BCUT2D eigenvalue weighted by atomic mass is 35.5. The summed E-state index contributed by atoms with van der Waals surface area (Å²) in [5, 5.41) is 13.7. The van der Waals surface area contributed by atoms with Crippen LogP contribution in [-0.2, 0) is 0 Å². The molecule has 0 aromatic carbocycles.